The number of hydrogen-bond acceptors (Lipinski definition) is 4. The van der Waals surface area contributed by atoms with Crippen LogP contribution in [-0.4, -0.2) is 38.7 Å². The minimum absolute atomic E-state index is 0.00729. The second kappa shape index (κ2) is 7.99. The molecule has 1 N–H and O–H groups in total. The lowest BCUT2D eigenvalue weighted by atomic mass is 9.92. The van der Waals surface area contributed by atoms with Gasteiger partial charge in [-0.2, -0.15) is 8.42 Å². The van der Waals surface area contributed by atoms with Gasteiger partial charge in [0.1, 0.15) is 4.90 Å². The Bertz CT molecular complexity index is 1050. The molecule has 0 atom stereocenters. The topological polar surface area (TPSA) is 78.8 Å². The molecule has 0 aromatic heterocycles. The maximum Gasteiger partial charge on any atom is 0.285 e. The molecule has 0 saturated heterocycles. The van der Waals surface area contributed by atoms with Gasteiger partial charge in [0, 0.05) is 18.3 Å². The zero-order valence-electron chi connectivity index (χ0n) is 17.4. The highest BCUT2D eigenvalue weighted by molar-refractivity contribution is 7.90. The summed E-state index contributed by atoms with van der Waals surface area (Å²) in [4.78, 5) is 14.6. The van der Waals surface area contributed by atoms with Crippen molar-refractivity contribution in [2.24, 2.45) is 4.40 Å². The molecule has 1 aliphatic heterocycles. The average Bonchev–Trinajstić information content (AvgIpc) is 2.93. The van der Waals surface area contributed by atoms with Gasteiger partial charge in [0.05, 0.1) is 6.54 Å². The number of nitrogens with one attached hydrogen (secondary N) is 1. The van der Waals surface area contributed by atoms with Crippen molar-refractivity contribution in [1.29, 1.82) is 0 Å². The number of sulfonamides is 1. The van der Waals surface area contributed by atoms with Gasteiger partial charge >= 0.3 is 0 Å². The minimum Gasteiger partial charge on any atom is -0.349 e. The third kappa shape index (κ3) is 4.19. The monoisotopic (exact) mass is 413 g/mol. The zero-order chi connectivity index (χ0) is 21.3. The van der Waals surface area contributed by atoms with E-state index < -0.39 is 10.0 Å². The van der Waals surface area contributed by atoms with Crippen molar-refractivity contribution in [3.05, 3.63) is 59.2 Å². The van der Waals surface area contributed by atoms with Gasteiger partial charge in [-0.3, -0.25) is 4.79 Å². The Morgan fingerprint density at radius 2 is 1.59 bits per heavy atom. The summed E-state index contributed by atoms with van der Waals surface area (Å²) < 4.78 is 28.4. The van der Waals surface area contributed by atoms with Gasteiger partial charge in [-0.25, -0.2) is 0 Å². The minimum atomic E-state index is -3.72. The van der Waals surface area contributed by atoms with Crippen molar-refractivity contribution in [1.82, 2.24) is 4.90 Å². The average molecular weight is 414 g/mol. The van der Waals surface area contributed by atoms with Crippen LogP contribution in [0.15, 0.2) is 51.8 Å². The third-order valence-electron chi connectivity index (χ3n) is 4.99. The summed E-state index contributed by atoms with van der Waals surface area (Å²) in [7, 11) is -2.04. The van der Waals surface area contributed by atoms with Crippen LogP contribution in [0.4, 0.5) is 5.69 Å². The van der Waals surface area contributed by atoms with Crippen LogP contribution in [0.2, 0.25) is 0 Å². The number of carbonyl (C=O) groups excluding carboxylic acids is 1. The van der Waals surface area contributed by atoms with E-state index in [4.69, 9.17) is 0 Å². The van der Waals surface area contributed by atoms with Crippen molar-refractivity contribution in [2.45, 2.75) is 44.4 Å². The third-order valence-corrected chi connectivity index (χ3v) is 6.32. The van der Waals surface area contributed by atoms with Gasteiger partial charge in [0.2, 0.25) is 5.91 Å². The predicted octanol–water partition coefficient (Wildman–Crippen LogP) is 3.95. The Balaban J connectivity index is 1.84. The van der Waals surface area contributed by atoms with Gasteiger partial charge in [0.25, 0.3) is 10.0 Å². The van der Waals surface area contributed by atoms with E-state index in [0.29, 0.717) is 5.56 Å². The maximum absolute atomic E-state index is 12.8. The van der Waals surface area contributed by atoms with E-state index in [2.05, 4.69) is 37.4 Å². The molecule has 29 heavy (non-hydrogen) atoms. The molecule has 3 rings (SSSR count). The number of amidine groups is 1. The number of hydrogen-bond donors (Lipinski definition) is 1. The number of likely N-dealkylation sites (N-methyl/N-ethyl adjacent to an activating group) is 1. The van der Waals surface area contributed by atoms with E-state index in [1.807, 2.05) is 18.2 Å². The number of benzene rings is 2. The summed E-state index contributed by atoms with van der Waals surface area (Å²) in [6.07, 6.45) is 0. The molecule has 154 valence electrons. The lowest BCUT2D eigenvalue weighted by molar-refractivity contribution is -0.116. The van der Waals surface area contributed by atoms with Crippen LogP contribution < -0.4 is 5.32 Å². The second-order valence-electron chi connectivity index (χ2n) is 7.91. The van der Waals surface area contributed by atoms with Crippen LogP contribution in [0.1, 0.15) is 56.2 Å². The van der Waals surface area contributed by atoms with E-state index in [-0.39, 0.29) is 35.0 Å². The van der Waals surface area contributed by atoms with E-state index in [1.165, 1.54) is 6.07 Å². The number of fused-ring (bicyclic) bond motifs is 1. The molecular formula is C22H27N3O3S. The smallest absolute Gasteiger partial charge is 0.285 e. The first kappa shape index (κ1) is 21.0. The highest BCUT2D eigenvalue weighted by Gasteiger charge is 2.31. The van der Waals surface area contributed by atoms with Crippen molar-refractivity contribution in [2.75, 3.05) is 18.9 Å². The maximum atomic E-state index is 12.8. The fourth-order valence-corrected chi connectivity index (χ4v) is 4.78. The van der Waals surface area contributed by atoms with Crippen LogP contribution >= 0.6 is 0 Å². The number of nitrogens with zero attached hydrogens (tertiary/aromatic N) is 2. The summed E-state index contributed by atoms with van der Waals surface area (Å²) in [5.74, 6) is 0.597. The number of rotatable bonds is 5. The summed E-state index contributed by atoms with van der Waals surface area (Å²) in [6, 6.07) is 12.7. The van der Waals surface area contributed by atoms with Crippen molar-refractivity contribution in [3.63, 3.8) is 0 Å². The number of amides is 1. The molecule has 0 spiro atoms. The fraction of sp³-hybridized carbons (Fsp3) is 0.364. The fourth-order valence-electron chi connectivity index (χ4n) is 3.53. The van der Waals surface area contributed by atoms with Crippen molar-refractivity contribution >= 4 is 27.5 Å². The molecule has 1 amide bonds. The molecule has 7 heteroatoms. The number of para-hydroxylation sites is 1. The Morgan fingerprint density at radius 3 is 2.17 bits per heavy atom. The first-order chi connectivity index (χ1) is 13.6. The van der Waals surface area contributed by atoms with Gasteiger partial charge in [-0.15, -0.1) is 4.40 Å². The highest BCUT2D eigenvalue weighted by Crippen LogP contribution is 2.32. The molecular weight excluding hydrogens is 386 g/mol. The van der Waals surface area contributed by atoms with Gasteiger partial charge in [-0.05, 0) is 35.1 Å². The largest absolute Gasteiger partial charge is 0.349 e. The predicted molar refractivity (Wildman–Crippen MR) is 116 cm³/mol. The Labute approximate surface area is 172 Å². The van der Waals surface area contributed by atoms with Gasteiger partial charge in [-0.1, -0.05) is 58.0 Å². The molecule has 1 aliphatic rings. The molecule has 0 unspecified atom stereocenters. The SMILES string of the molecule is CC(C)c1cccc(C(C)C)c1NC(=O)CN(C)C1=NS(=O)(=O)c2ccccc21. The molecule has 1 heterocycles. The number of anilines is 1. The van der Waals surface area contributed by atoms with E-state index in [1.54, 1.807) is 30.1 Å². The summed E-state index contributed by atoms with van der Waals surface area (Å²) in [5, 5.41) is 3.06. The Morgan fingerprint density at radius 1 is 1.00 bits per heavy atom. The standard InChI is InChI=1S/C22H27N3O3S/c1-14(2)16-10-8-11-17(15(3)4)21(16)23-20(26)13-25(5)22-18-9-6-7-12-19(18)29(27,28)24-22/h6-12,14-15H,13H2,1-5H3,(H,23,26). The molecule has 2 aromatic rings. The van der Waals surface area contributed by atoms with E-state index in [9.17, 15) is 13.2 Å². The molecule has 6 nitrogen and oxygen atoms in total. The van der Waals surface area contributed by atoms with Crippen LogP contribution in [0.25, 0.3) is 0 Å². The normalized spacial score (nSPS) is 14.7. The van der Waals surface area contributed by atoms with Crippen molar-refractivity contribution in [3.8, 4) is 0 Å². The molecule has 0 aliphatic carbocycles. The first-order valence-corrected chi connectivity index (χ1v) is 11.1. The van der Waals surface area contributed by atoms with Gasteiger partial charge < -0.3 is 10.2 Å². The molecule has 0 fully saturated rings. The zero-order valence-corrected chi connectivity index (χ0v) is 18.2. The van der Waals surface area contributed by atoms with Crippen molar-refractivity contribution < 1.29 is 13.2 Å². The summed E-state index contributed by atoms with van der Waals surface area (Å²) in [5.41, 5.74) is 3.53. The lowest BCUT2D eigenvalue weighted by Gasteiger charge is -2.22. The highest BCUT2D eigenvalue weighted by atomic mass is 32.2. The summed E-state index contributed by atoms with van der Waals surface area (Å²) in [6.45, 7) is 8.37. The van der Waals surface area contributed by atoms with Crippen LogP contribution in [-0.2, 0) is 14.8 Å². The lowest BCUT2D eigenvalue weighted by Crippen LogP contribution is -2.35. The summed E-state index contributed by atoms with van der Waals surface area (Å²) >= 11 is 0. The van der Waals surface area contributed by atoms with E-state index in [0.717, 1.165) is 16.8 Å². The molecule has 0 radical (unpaired) electrons. The Hall–Kier alpha value is -2.67. The molecule has 0 bridgehead atoms. The first-order valence-electron chi connectivity index (χ1n) is 9.70. The van der Waals surface area contributed by atoms with Crippen LogP contribution in [0.5, 0.6) is 0 Å². The quantitative estimate of drug-likeness (QED) is 0.805. The number of carbonyl (C=O) groups is 1. The molecule has 0 saturated carbocycles. The van der Waals surface area contributed by atoms with Gasteiger partial charge in [0.15, 0.2) is 5.84 Å². The molecule has 2 aromatic carbocycles. The second-order valence-corrected chi connectivity index (χ2v) is 9.48. The van der Waals surface area contributed by atoms with E-state index >= 15 is 0 Å². The van der Waals surface area contributed by atoms with Crippen LogP contribution in [0.3, 0.4) is 0 Å². The van der Waals surface area contributed by atoms with Crippen LogP contribution in [0, 0.1) is 0 Å². The Kier molecular flexibility index (Phi) is 5.80.